The summed E-state index contributed by atoms with van der Waals surface area (Å²) in [5, 5.41) is 9.19. The molecule has 1 N–H and O–H groups in total. The van der Waals surface area contributed by atoms with Crippen LogP contribution in [0.5, 0.6) is 0 Å². The van der Waals surface area contributed by atoms with Gasteiger partial charge in [-0.15, -0.1) is 0 Å². The maximum Gasteiger partial charge on any atom is 0.231 e. The second-order valence-corrected chi connectivity index (χ2v) is 8.27. The van der Waals surface area contributed by atoms with Gasteiger partial charge in [-0.1, -0.05) is 50.6 Å². The third kappa shape index (κ3) is 3.34. The highest BCUT2D eigenvalue weighted by molar-refractivity contribution is 5.87. The quantitative estimate of drug-likeness (QED) is 0.771. The fraction of sp³-hybridized carbons (Fsp3) is 0.667. The van der Waals surface area contributed by atoms with Crippen molar-refractivity contribution in [3.05, 3.63) is 35.9 Å². The summed E-state index contributed by atoms with van der Waals surface area (Å²) < 4.78 is 6.16. The fourth-order valence-electron chi connectivity index (χ4n) is 4.69. The Bertz CT molecular complexity index is 602. The van der Waals surface area contributed by atoms with Gasteiger partial charge in [0, 0.05) is 13.0 Å². The van der Waals surface area contributed by atoms with Gasteiger partial charge in [0.2, 0.25) is 5.91 Å². The van der Waals surface area contributed by atoms with Crippen molar-refractivity contribution in [3.63, 3.8) is 0 Å². The number of carbonyl (C=O) groups excluding carboxylic acids is 1. The Kier molecular flexibility index (Phi) is 5.21. The zero-order valence-electron chi connectivity index (χ0n) is 15.7. The first-order valence-corrected chi connectivity index (χ1v) is 9.54. The van der Waals surface area contributed by atoms with E-state index in [0.29, 0.717) is 12.5 Å². The molecule has 2 saturated heterocycles. The van der Waals surface area contributed by atoms with Crippen LogP contribution in [0.25, 0.3) is 0 Å². The van der Waals surface area contributed by atoms with Crippen molar-refractivity contribution in [2.75, 3.05) is 13.2 Å². The van der Waals surface area contributed by atoms with Gasteiger partial charge in [0.25, 0.3) is 0 Å². The molecule has 2 aliphatic heterocycles. The first-order chi connectivity index (χ1) is 11.9. The zero-order chi connectivity index (χ0) is 18.1. The summed E-state index contributed by atoms with van der Waals surface area (Å²) in [5.41, 5.74) is 0.296. The van der Waals surface area contributed by atoms with Crippen LogP contribution < -0.4 is 0 Å². The van der Waals surface area contributed by atoms with Crippen LogP contribution in [0.2, 0.25) is 0 Å². The lowest BCUT2D eigenvalue weighted by Gasteiger charge is -2.32. The van der Waals surface area contributed by atoms with E-state index in [9.17, 15) is 9.90 Å². The van der Waals surface area contributed by atoms with Crippen molar-refractivity contribution in [2.45, 2.75) is 64.6 Å². The SMILES string of the molecule is CC(C)[C@H]1CO[C@]2(C)C[C@](CCCCO)(Cc3ccccc3)C(=O)N12. The summed E-state index contributed by atoms with van der Waals surface area (Å²) in [5.74, 6) is 0.628. The van der Waals surface area contributed by atoms with E-state index in [-0.39, 0.29) is 18.6 Å². The number of hydrogen-bond donors (Lipinski definition) is 1. The van der Waals surface area contributed by atoms with Gasteiger partial charge >= 0.3 is 0 Å². The number of hydrogen-bond acceptors (Lipinski definition) is 3. The smallest absolute Gasteiger partial charge is 0.231 e. The van der Waals surface area contributed by atoms with E-state index in [4.69, 9.17) is 4.74 Å². The van der Waals surface area contributed by atoms with E-state index in [1.807, 2.05) is 23.1 Å². The minimum absolute atomic E-state index is 0.160. The minimum Gasteiger partial charge on any atom is -0.396 e. The molecule has 0 radical (unpaired) electrons. The van der Waals surface area contributed by atoms with E-state index in [1.54, 1.807) is 0 Å². The lowest BCUT2D eigenvalue weighted by atomic mass is 9.74. The summed E-state index contributed by atoms with van der Waals surface area (Å²) in [6, 6.07) is 10.4. The van der Waals surface area contributed by atoms with Crippen molar-refractivity contribution >= 4 is 5.91 Å². The van der Waals surface area contributed by atoms with Crippen LogP contribution in [0.15, 0.2) is 30.3 Å². The number of ether oxygens (including phenoxy) is 1. The van der Waals surface area contributed by atoms with Crippen LogP contribution in [0.4, 0.5) is 0 Å². The number of rotatable bonds is 7. The molecule has 4 nitrogen and oxygen atoms in total. The molecule has 3 rings (SSSR count). The van der Waals surface area contributed by atoms with Crippen LogP contribution in [0.1, 0.15) is 52.0 Å². The topological polar surface area (TPSA) is 49.8 Å². The van der Waals surface area contributed by atoms with Gasteiger partial charge in [0.15, 0.2) is 0 Å². The fourth-order valence-corrected chi connectivity index (χ4v) is 4.69. The van der Waals surface area contributed by atoms with Crippen LogP contribution in [-0.2, 0) is 16.0 Å². The first-order valence-electron chi connectivity index (χ1n) is 9.54. The van der Waals surface area contributed by atoms with Gasteiger partial charge in [0.1, 0.15) is 5.72 Å². The lowest BCUT2D eigenvalue weighted by Crippen LogP contribution is -2.47. The van der Waals surface area contributed by atoms with Crippen molar-refractivity contribution < 1.29 is 14.6 Å². The average molecular weight is 345 g/mol. The number of nitrogens with zero attached hydrogens (tertiary/aromatic N) is 1. The van der Waals surface area contributed by atoms with Crippen molar-refractivity contribution in [1.29, 1.82) is 0 Å². The normalized spacial score (nSPS) is 31.8. The molecule has 3 atom stereocenters. The van der Waals surface area contributed by atoms with E-state index in [0.717, 1.165) is 32.1 Å². The van der Waals surface area contributed by atoms with Gasteiger partial charge in [-0.2, -0.15) is 0 Å². The molecular formula is C21H31NO3. The molecule has 1 aromatic carbocycles. The molecule has 0 aromatic heterocycles. The molecule has 138 valence electrons. The molecule has 0 saturated carbocycles. The summed E-state index contributed by atoms with van der Waals surface area (Å²) in [6.07, 6.45) is 3.91. The summed E-state index contributed by atoms with van der Waals surface area (Å²) in [6.45, 7) is 7.22. The highest BCUT2D eigenvalue weighted by Gasteiger charge is 2.62. The van der Waals surface area contributed by atoms with Gasteiger partial charge < -0.3 is 14.7 Å². The Morgan fingerprint density at radius 3 is 2.64 bits per heavy atom. The van der Waals surface area contributed by atoms with Crippen molar-refractivity contribution in [3.8, 4) is 0 Å². The van der Waals surface area contributed by atoms with Crippen molar-refractivity contribution in [2.24, 2.45) is 11.3 Å². The molecule has 0 spiro atoms. The highest BCUT2D eigenvalue weighted by atomic mass is 16.5. The predicted molar refractivity (Wildman–Crippen MR) is 98.0 cm³/mol. The largest absolute Gasteiger partial charge is 0.396 e. The Balaban J connectivity index is 1.91. The molecule has 1 aromatic rings. The highest BCUT2D eigenvalue weighted by Crippen LogP contribution is 2.52. The van der Waals surface area contributed by atoms with Crippen molar-refractivity contribution in [1.82, 2.24) is 4.90 Å². The lowest BCUT2D eigenvalue weighted by molar-refractivity contribution is -0.142. The maximum absolute atomic E-state index is 13.6. The van der Waals surface area contributed by atoms with E-state index >= 15 is 0 Å². The monoisotopic (exact) mass is 345 g/mol. The van der Waals surface area contributed by atoms with Crippen LogP contribution >= 0.6 is 0 Å². The molecule has 2 aliphatic rings. The second-order valence-electron chi connectivity index (χ2n) is 8.27. The molecular weight excluding hydrogens is 314 g/mol. The first kappa shape index (κ1) is 18.4. The summed E-state index contributed by atoms with van der Waals surface area (Å²) in [4.78, 5) is 15.7. The Morgan fingerprint density at radius 1 is 1.28 bits per heavy atom. The number of amides is 1. The number of aliphatic hydroxyl groups excluding tert-OH is 1. The van der Waals surface area contributed by atoms with Crippen LogP contribution in [-0.4, -0.2) is 40.9 Å². The molecule has 0 bridgehead atoms. The standard InChI is InChI=1S/C21H31NO3/c1-16(2)18-14-25-20(3)15-21(11-7-8-12-23,19(24)22(18)20)13-17-9-5-4-6-10-17/h4-6,9-10,16,18,23H,7-8,11-15H2,1-3H3/t18-,20-,21+/m1/s1. The minimum atomic E-state index is -0.486. The summed E-state index contributed by atoms with van der Waals surface area (Å²) >= 11 is 0. The number of benzene rings is 1. The van der Waals surface area contributed by atoms with E-state index in [1.165, 1.54) is 5.56 Å². The van der Waals surface area contributed by atoms with Gasteiger partial charge in [-0.05, 0) is 37.7 Å². The molecule has 1 amide bonds. The van der Waals surface area contributed by atoms with E-state index < -0.39 is 11.1 Å². The molecule has 4 heteroatoms. The molecule has 2 fully saturated rings. The second kappa shape index (κ2) is 7.08. The average Bonchev–Trinajstić information content (AvgIpc) is 3.01. The number of fused-ring (bicyclic) bond motifs is 1. The number of carbonyl (C=O) groups is 1. The van der Waals surface area contributed by atoms with E-state index in [2.05, 4.69) is 32.9 Å². The molecule has 0 aliphatic carbocycles. The molecule has 2 heterocycles. The summed E-state index contributed by atoms with van der Waals surface area (Å²) in [7, 11) is 0. The third-order valence-electron chi connectivity index (χ3n) is 5.96. The Hall–Kier alpha value is -1.39. The number of aliphatic hydroxyl groups is 1. The van der Waals surface area contributed by atoms with Crippen LogP contribution in [0, 0.1) is 11.3 Å². The van der Waals surface area contributed by atoms with Gasteiger partial charge in [0.05, 0.1) is 18.1 Å². The maximum atomic E-state index is 13.6. The molecule has 0 unspecified atom stereocenters. The Labute approximate surface area is 151 Å². The van der Waals surface area contributed by atoms with Gasteiger partial charge in [-0.3, -0.25) is 4.79 Å². The zero-order valence-corrected chi connectivity index (χ0v) is 15.7. The van der Waals surface area contributed by atoms with Crippen LogP contribution in [0.3, 0.4) is 0 Å². The third-order valence-corrected chi connectivity index (χ3v) is 5.96. The predicted octanol–water partition coefficient (Wildman–Crippen LogP) is 3.38. The number of unbranched alkanes of at least 4 members (excludes halogenated alkanes) is 1. The Morgan fingerprint density at radius 2 is 2.00 bits per heavy atom. The van der Waals surface area contributed by atoms with Gasteiger partial charge in [-0.25, -0.2) is 0 Å². The molecule has 25 heavy (non-hydrogen) atoms.